The van der Waals surface area contributed by atoms with E-state index in [0.717, 1.165) is 0 Å². The molecule has 0 spiro atoms. The minimum Gasteiger partial charge on any atom is -0.496 e. The zero-order chi connectivity index (χ0) is 14.5. The lowest BCUT2D eigenvalue weighted by Gasteiger charge is -2.07. The second kappa shape index (κ2) is 6.07. The Morgan fingerprint density at radius 2 is 2.10 bits per heavy atom. The van der Waals surface area contributed by atoms with Crippen molar-refractivity contribution in [3.05, 3.63) is 52.0 Å². The fourth-order valence-electron chi connectivity index (χ4n) is 1.72. The van der Waals surface area contributed by atoms with Crippen LogP contribution in [0.1, 0.15) is 11.5 Å². The summed E-state index contributed by atoms with van der Waals surface area (Å²) in [4.78, 5) is 10.5. The molecule has 0 aliphatic rings. The van der Waals surface area contributed by atoms with Gasteiger partial charge in [-0.15, -0.1) is 0 Å². The highest BCUT2D eigenvalue weighted by atomic mass is 16.6. The number of rotatable bonds is 6. The molecular weight excluding hydrogens is 264 g/mol. The van der Waals surface area contributed by atoms with Crippen molar-refractivity contribution in [3.63, 3.8) is 0 Å². The summed E-state index contributed by atoms with van der Waals surface area (Å²) in [6.07, 6.45) is 0. The maximum Gasteiger partial charge on any atom is 0.296 e. The van der Waals surface area contributed by atoms with Gasteiger partial charge in [0, 0.05) is 0 Å². The van der Waals surface area contributed by atoms with Crippen molar-refractivity contribution in [2.45, 2.75) is 13.2 Å². The molecule has 0 bridgehead atoms. The monoisotopic (exact) mass is 278 g/mol. The molecule has 0 saturated carbocycles. The predicted octanol–water partition coefficient (Wildman–Crippen LogP) is 2.30. The minimum atomic E-state index is -0.480. The predicted molar refractivity (Wildman–Crippen MR) is 71.6 cm³/mol. The Balaban J connectivity index is 2.14. The van der Waals surface area contributed by atoms with Crippen LogP contribution in [0.3, 0.4) is 0 Å². The molecule has 1 aromatic heterocycles. The number of aliphatic hydroxyl groups is 1. The first-order valence-corrected chi connectivity index (χ1v) is 5.88. The molecule has 7 heteroatoms. The van der Waals surface area contributed by atoms with E-state index in [1.54, 1.807) is 24.3 Å². The molecule has 0 amide bonds. The maximum absolute atomic E-state index is 11.0. The van der Waals surface area contributed by atoms with Gasteiger partial charge in [-0.25, -0.2) is 0 Å². The summed E-state index contributed by atoms with van der Waals surface area (Å²) in [6.45, 7) is 0.107. The number of methoxy groups -OCH3 is 1. The van der Waals surface area contributed by atoms with Gasteiger partial charge in [0.2, 0.25) is 0 Å². The van der Waals surface area contributed by atoms with Crippen LogP contribution < -0.4 is 10.1 Å². The molecule has 2 aromatic rings. The molecule has 1 heterocycles. The molecule has 2 N–H and O–H groups in total. The Bertz CT molecular complexity index is 609. The van der Waals surface area contributed by atoms with Crippen molar-refractivity contribution in [2.75, 3.05) is 12.4 Å². The van der Waals surface area contributed by atoms with E-state index >= 15 is 0 Å². The molecule has 0 fully saturated rings. The molecule has 0 radical (unpaired) electrons. The van der Waals surface area contributed by atoms with E-state index < -0.39 is 4.92 Å². The summed E-state index contributed by atoms with van der Waals surface area (Å²) >= 11 is 0. The molecule has 20 heavy (non-hydrogen) atoms. The van der Waals surface area contributed by atoms with Crippen molar-refractivity contribution >= 4 is 11.4 Å². The van der Waals surface area contributed by atoms with E-state index in [9.17, 15) is 10.1 Å². The van der Waals surface area contributed by atoms with E-state index in [-0.39, 0.29) is 18.8 Å². The van der Waals surface area contributed by atoms with Gasteiger partial charge in [-0.3, -0.25) is 10.1 Å². The quantitative estimate of drug-likeness (QED) is 0.621. The SMILES string of the molecule is COc1ccc(NCc2ccc(CO)o2)c([N+](=O)[O-])c1. The van der Waals surface area contributed by atoms with Crippen LogP contribution in [-0.4, -0.2) is 17.1 Å². The van der Waals surface area contributed by atoms with E-state index in [0.29, 0.717) is 23.0 Å². The zero-order valence-electron chi connectivity index (χ0n) is 10.8. The molecule has 0 aliphatic carbocycles. The van der Waals surface area contributed by atoms with E-state index in [2.05, 4.69) is 5.32 Å². The molecule has 1 aromatic carbocycles. The molecule has 7 nitrogen and oxygen atoms in total. The summed E-state index contributed by atoms with van der Waals surface area (Å²) in [6, 6.07) is 7.92. The lowest BCUT2D eigenvalue weighted by atomic mass is 10.2. The first kappa shape index (κ1) is 13.9. The van der Waals surface area contributed by atoms with E-state index in [1.807, 2.05) is 0 Å². The lowest BCUT2D eigenvalue weighted by molar-refractivity contribution is -0.384. The number of anilines is 1. The van der Waals surface area contributed by atoms with Gasteiger partial charge >= 0.3 is 0 Å². The van der Waals surface area contributed by atoms with Crippen molar-refractivity contribution in [1.82, 2.24) is 0 Å². The smallest absolute Gasteiger partial charge is 0.296 e. The van der Waals surface area contributed by atoms with Gasteiger partial charge in [-0.05, 0) is 24.3 Å². The van der Waals surface area contributed by atoms with Crippen LogP contribution in [0.4, 0.5) is 11.4 Å². The van der Waals surface area contributed by atoms with Crippen molar-refractivity contribution in [2.24, 2.45) is 0 Å². The highest BCUT2D eigenvalue weighted by molar-refractivity contribution is 5.63. The summed E-state index contributed by atoms with van der Waals surface area (Å²) in [5.41, 5.74) is 0.302. The fourth-order valence-corrected chi connectivity index (χ4v) is 1.72. The Kier molecular flexibility index (Phi) is 4.21. The van der Waals surface area contributed by atoms with E-state index in [4.69, 9.17) is 14.3 Å². The van der Waals surface area contributed by atoms with Crippen LogP contribution in [0.5, 0.6) is 5.75 Å². The topological polar surface area (TPSA) is 97.8 Å². The van der Waals surface area contributed by atoms with E-state index in [1.165, 1.54) is 13.2 Å². The Morgan fingerprint density at radius 3 is 2.70 bits per heavy atom. The highest BCUT2D eigenvalue weighted by Gasteiger charge is 2.15. The summed E-state index contributed by atoms with van der Waals surface area (Å²) < 4.78 is 10.3. The molecule has 0 saturated heterocycles. The third-order valence-corrected chi connectivity index (χ3v) is 2.73. The Morgan fingerprint density at radius 1 is 1.35 bits per heavy atom. The van der Waals surface area contributed by atoms with Crippen molar-refractivity contribution in [1.29, 1.82) is 0 Å². The lowest BCUT2D eigenvalue weighted by Crippen LogP contribution is -2.02. The normalized spacial score (nSPS) is 10.3. The number of nitrogens with one attached hydrogen (secondary N) is 1. The second-order valence-electron chi connectivity index (χ2n) is 4.02. The van der Waals surface area contributed by atoms with Crippen LogP contribution in [0, 0.1) is 10.1 Å². The molecular formula is C13H14N2O5. The molecule has 2 rings (SSSR count). The average Bonchev–Trinajstić information content (AvgIpc) is 2.92. The molecule has 0 atom stereocenters. The number of nitro benzene ring substituents is 1. The van der Waals surface area contributed by atoms with Crippen molar-refractivity contribution in [3.8, 4) is 5.75 Å². The van der Waals surface area contributed by atoms with Gasteiger partial charge in [-0.2, -0.15) is 0 Å². The van der Waals surface area contributed by atoms with Crippen LogP contribution in [0.2, 0.25) is 0 Å². The van der Waals surface area contributed by atoms with Gasteiger partial charge in [0.25, 0.3) is 5.69 Å². The number of nitro groups is 1. The number of nitrogens with zero attached hydrogens (tertiary/aromatic N) is 1. The van der Waals surface area contributed by atoms with Crippen LogP contribution in [0.25, 0.3) is 0 Å². The minimum absolute atomic E-state index is 0.0710. The molecule has 0 aliphatic heterocycles. The van der Waals surface area contributed by atoms with Crippen molar-refractivity contribution < 1.29 is 19.2 Å². The second-order valence-corrected chi connectivity index (χ2v) is 4.02. The standard InChI is InChI=1S/C13H14N2O5/c1-19-9-4-5-12(13(6-9)15(17)18)14-7-10-2-3-11(8-16)20-10/h2-6,14,16H,7-8H2,1H3. The number of benzene rings is 1. The summed E-state index contributed by atoms with van der Waals surface area (Å²) in [7, 11) is 1.45. The zero-order valence-corrected chi connectivity index (χ0v) is 10.8. The Labute approximate surface area is 114 Å². The average molecular weight is 278 g/mol. The number of hydrogen-bond acceptors (Lipinski definition) is 6. The summed E-state index contributed by atoms with van der Waals surface area (Å²) in [5, 5.41) is 22.8. The maximum atomic E-state index is 11.0. The van der Waals surface area contributed by atoms with Gasteiger partial charge in [0.1, 0.15) is 29.6 Å². The van der Waals surface area contributed by atoms with Gasteiger partial charge < -0.3 is 19.6 Å². The first-order valence-electron chi connectivity index (χ1n) is 5.88. The Hall–Kier alpha value is -2.54. The van der Waals surface area contributed by atoms with Gasteiger partial charge in [0.05, 0.1) is 24.6 Å². The fraction of sp³-hybridized carbons (Fsp3) is 0.231. The number of hydrogen-bond donors (Lipinski definition) is 2. The van der Waals surface area contributed by atoms with Crippen LogP contribution in [-0.2, 0) is 13.2 Å². The van der Waals surface area contributed by atoms with Crippen LogP contribution >= 0.6 is 0 Å². The first-order chi connectivity index (χ1) is 9.63. The van der Waals surface area contributed by atoms with Gasteiger partial charge in [-0.1, -0.05) is 0 Å². The number of ether oxygens (including phenoxy) is 1. The van der Waals surface area contributed by atoms with Gasteiger partial charge in [0.15, 0.2) is 0 Å². The largest absolute Gasteiger partial charge is 0.496 e. The number of aliphatic hydroxyl groups excluding tert-OH is 1. The molecule has 0 unspecified atom stereocenters. The number of furan rings is 1. The van der Waals surface area contributed by atoms with Crippen LogP contribution in [0.15, 0.2) is 34.7 Å². The highest BCUT2D eigenvalue weighted by Crippen LogP contribution is 2.29. The third-order valence-electron chi connectivity index (χ3n) is 2.73. The third kappa shape index (κ3) is 3.07. The molecule has 106 valence electrons. The summed E-state index contributed by atoms with van der Waals surface area (Å²) in [5.74, 6) is 1.45.